The molecule has 2 atom stereocenters. The number of piperazine rings is 1. The summed E-state index contributed by atoms with van der Waals surface area (Å²) in [5.41, 5.74) is 6.61. The molecule has 9 heteroatoms. The molecule has 9 nitrogen and oxygen atoms in total. The van der Waals surface area contributed by atoms with E-state index in [0.717, 1.165) is 0 Å². The normalized spacial score (nSPS) is 15.6. The summed E-state index contributed by atoms with van der Waals surface area (Å²) in [6.07, 6.45) is 0.817. The second-order valence-corrected chi connectivity index (χ2v) is 7.48. The lowest BCUT2D eigenvalue weighted by Crippen LogP contribution is -2.57. The molecule has 2 aromatic rings. The van der Waals surface area contributed by atoms with Gasteiger partial charge >= 0.3 is 17.8 Å². The number of amidine groups is 1. The maximum absolute atomic E-state index is 12.5. The maximum Gasteiger partial charge on any atom is 0.313 e. The van der Waals surface area contributed by atoms with Crippen LogP contribution in [0.5, 0.6) is 5.75 Å². The van der Waals surface area contributed by atoms with Crippen molar-refractivity contribution in [3.8, 4) is 5.75 Å². The van der Waals surface area contributed by atoms with Crippen LogP contribution in [0.4, 0.5) is 0 Å². The molecule has 1 saturated heterocycles. The van der Waals surface area contributed by atoms with E-state index in [9.17, 15) is 19.5 Å². The Hall–Kier alpha value is -3.88. The lowest BCUT2D eigenvalue weighted by Gasteiger charge is -2.37. The molecule has 0 radical (unpaired) electrons. The Labute approximate surface area is 185 Å². The smallest absolute Gasteiger partial charge is 0.313 e. The molecule has 0 aromatic heterocycles. The average molecular weight is 438 g/mol. The van der Waals surface area contributed by atoms with Crippen LogP contribution in [0.25, 0.3) is 0 Å². The van der Waals surface area contributed by atoms with Gasteiger partial charge in [-0.15, -0.1) is 0 Å². The van der Waals surface area contributed by atoms with Gasteiger partial charge in [0.25, 0.3) is 0 Å². The Morgan fingerprint density at radius 3 is 2.47 bits per heavy atom. The zero-order valence-corrected chi connectivity index (χ0v) is 17.5. The summed E-state index contributed by atoms with van der Waals surface area (Å²) < 4.78 is 5.73. The molecule has 5 N–H and O–H groups in total. The SMILES string of the molecule is N=C(N)c1ccc(OCCCC(C(C(=O)O)c2ccccc2)N2CCNC(=O)C2=O)cc1. The second kappa shape index (κ2) is 10.4. The number of nitrogen functional groups attached to an aromatic ring is 1. The fraction of sp³-hybridized carbons (Fsp3) is 0.304. The topological polar surface area (TPSA) is 146 Å². The van der Waals surface area contributed by atoms with E-state index >= 15 is 0 Å². The second-order valence-electron chi connectivity index (χ2n) is 7.48. The lowest BCUT2D eigenvalue weighted by atomic mass is 9.87. The number of nitrogens with one attached hydrogen (secondary N) is 2. The van der Waals surface area contributed by atoms with Gasteiger partial charge in [0.1, 0.15) is 17.5 Å². The summed E-state index contributed by atoms with van der Waals surface area (Å²) in [5.74, 6) is -2.90. The first kappa shape index (κ1) is 22.8. The van der Waals surface area contributed by atoms with Crippen molar-refractivity contribution in [1.82, 2.24) is 10.2 Å². The van der Waals surface area contributed by atoms with E-state index in [4.69, 9.17) is 15.9 Å². The average Bonchev–Trinajstić information content (AvgIpc) is 2.78. The molecule has 2 amide bonds. The van der Waals surface area contributed by atoms with Gasteiger partial charge in [-0.1, -0.05) is 30.3 Å². The number of carbonyl (C=O) groups excluding carboxylic acids is 2. The molecule has 1 heterocycles. The number of carbonyl (C=O) groups is 3. The molecule has 0 spiro atoms. The molecular formula is C23H26N4O5. The molecule has 32 heavy (non-hydrogen) atoms. The summed E-state index contributed by atoms with van der Waals surface area (Å²) in [6.45, 7) is 0.825. The Kier molecular flexibility index (Phi) is 7.43. The fourth-order valence-corrected chi connectivity index (χ4v) is 3.82. The zero-order valence-electron chi connectivity index (χ0n) is 17.5. The molecule has 1 aliphatic heterocycles. The van der Waals surface area contributed by atoms with Crippen molar-refractivity contribution in [3.05, 3.63) is 65.7 Å². The number of benzene rings is 2. The van der Waals surface area contributed by atoms with Gasteiger partial charge in [-0.25, -0.2) is 0 Å². The van der Waals surface area contributed by atoms with Gasteiger partial charge in [0.2, 0.25) is 0 Å². The Morgan fingerprint density at radius 2 is 1.84 bits per heavy atom. The molecule has 2 aromatic carbocycles. The van der Waals surface area contributed by atoms with Gasteiger partial charge < -0.3 is 25.8 Å². The quantitative estimate of drug-likeness (QED) is 0.190. The highest BCUT2D eigenvalue weighted by Gasteiger charge is 2.39. The summed E-state index contributed by atoms with van der Waals surface area (Å²) >= 11 is 0. The third-order valence-electron chi connectivity index (χ3n) is 5.38. The van der Waals surface area contributed by atoms with Crippen molar-refractivity contribution >= 4 is 23.6 Å². The number of rotatable bonds is 10. The van der Waals surface area contributed by atoms with Crippen LogP contribution in [0.2, 0.25) is 0 Å². The first-order valence-corrected chi connectivity index (χ1v) is 10.3. The van der Waals surface area contributed by atoms with Crippen LogP contribution >= 0.6 is 0 Å². The van der Waals surface area contributed by atoms with E-state index in [2.05, 4.69) is 5.32 Å². The number of aliphatic carboxylic acids is 1. The first-order chi connectivity index (χ1) is 15.4. The maximum atomic E-state index is 12.5. The summed E-state index contributed by atoms with van der Waals surface area (Å²) in [6, 6.07) is 14.8. The molecule has 1 fully saturated rings. The van der Waals surface area contributed by atoms with Crippen molar-refractivity contribution in [3.63, 3.8) is 0 Å². The number of carboxylic acid groups (broad SMARTS) is 1. The van der Waals surface area contributed by atoms with Gasteiger partial charge in [0, 0.05) is 24.7 Å². The lowest BCUT2D eigenvalue weighted by molar-refractivity contribution is -0.152. The fourth-order valence-electron chi connectivity index (χ4n) is 3.82. The number of carboxylic acids is 1. The molecule has 2 unspecified atom stereocenters. The summed E-state index contributed by atoms with van der Waals surface area (Å²) in [4.78, 5) is 38.0. The number of hydrogen-bond acceptors (Lipinski definition) is 5. The van der Waals surface area contributed by atoms with E-state index in [0.29, 0.717) is 36.3 Å². The van der Waals surface area contributed by atoms with Gasteiger partial charge in [-0.2, -0.15) is 0 Å². The minimum Gasteiger partial charge on any atom is -0.494 e. The van der Waals surface area contributed by atoms with Gasteiger partial charge in [0.15, 0.2) is 0 Å². The van der Waals surface area contributed by atoms with Crippen LogP contribution < -0.4 is 15.8 Å². The van der Waals surface area contributed by atoms with Crippen molar-refractivity contribution < 1.29 is 24.2 Å². The Balaban J connectivity index is 1.73. The van der Waals surface area contributed by atoms with Crippen molar-refractivity contribution in [2.75, 3.05) is 19.7 Å². The number of amides is 2. The number of nitrogens with two attached hydrogens (primary N) is 1. The monoisotopic (exact) mass is 438 g/mol. The highest BCUT2D eigenvalue weighted by Crippen LogP contribution is 2.28. The van der Waals surface area contributed by atoms with Gasteiger partial charge in [-0.3, -0.25) is 19.8 Å². The van der Waals surface area contributed by atoms with E-state index < -0.39 is 29.7 Å². The van der Waals surface area contributed by atoms with Gasteiger partial charge in [-0.05, 0) is 42.7 Å². The predicted molar refractivity (Wildman–Crippen MR) is 118 cm³/mol. The Morgan fingerprint density at radius 1 is 1.16 bits per heavy atom. The van der Waals surface area contributed by atoms with E-state index in [1.54, 1.807) is 54.6 Å². The largest absolute Gasteiger partial charge is 0.494 e. The molecule has 0 aliphatic carbocycles. The highest BCUT2D eigenvalue weighted by atomic mass is 16.5. The number of hydrogen-bond donors (Lipinski definition) is 4. The van der Waals surface area contributed by atoms with E-state index in [1.807, 2.05) is 0 Å². The number of nitrogens with zero attached hydrogens (tertiary/aromatic N) is 1. The molecule has 3 rings (SSSR count). The standard InChI is InChI=1S/C23H26N4O5/c24-20(25)16-8-10-17(11-9-16)32-14-4-7-18(27-13-12-26-21(28)22(27)29)19(23(30)31)15-5-2-1-3-6-15/h1-3,5-6,8-11,18-19H,4,7,12-14H2,(H3,24,25)(H,26,28)(H,30,31). The zero-order chi connectivity index (χ0) is 23.1. The van der Waals surface area contributed by atoms with Crippen LogP contribution in [0, 0.1) is 5.41 Å². The van der Waals surface area contributed by atoms with Crippen molar-refractivity contribution in [2.45, 2.75) is 24.8 Å². The van der Waals surface area contributed by atoms with Crippen LogP contribution in [0.3, 0.4) is 0 Å². The van der Waals surface area contributed by atoms with Gasteiger partial charge in [0.05, 0.1) is 6.61 Å². The molecule has 0 saturated carbocycles. The van der Waals surface area contributed by atoms with Crippen LogP contribution in [0.1, 0.15) is 29.9 Å². The van der Waals surface area contributed by atoms with E-state index in [1.165, 1.54) is 4.90 Å². The van der Waals surface area contributed by atoms with Crippen LogP contribution in [0.15, 0.2) is 54.6 Å². The highest BCUT2D eigenvalue weighted by molar-refractivity contribution is 6.35. The minimum absolute atomic E-state index is 0.0322. The molecule has 0 bridgehead atoms. The van der Waals surface area contributed by atoms with Crippen molar-refractivity contribution in [1.29, 1.82) is 5.41 Å². The van der Waals surface area contributed by atoms with E-state index in [-0.39, 0.29) is 18.9 Å². The summed E-state index contributed by atoms with van der Waals surface area (Å²) in [5, 5.41) is 19.9. The predicted octanol–water partition coefficient (Wildman–Crippen LogP) is 1.33. The molecular weight excluding hydrogens is 412 g/mol. The number of ether oxygens (including phenoxy) is 1. The molecule has 168 valence electrons. The van der Waals surface area contributed by atoms with Crippen molar-refractivity contribution in [2.24, 2.45) is 5.73 Å². The minimum atomic E-state index is -1.05. The summed E-state index contributed by atoms with van der Waals surface area (Å²) in [7, 11) is 0. The first-order valence-electron chi connectivity index (χ1n) is 10.3. The van der Waals surface area contributed by atoms with Crippen LogP contribution in [-0.2, 0) is 14.4 Å². The van der Waals surface area contributed by atoms with Crippen LogP contribution in [-0.4, -0.2) is 59.4 Å². The third kappa shape index (κ3) is 5.42. The molecule has 1 aliphatic rings. The Bertz CT molecular complexity index is 978. The third-order valence-corrected chi connectivity index (χ3v) is 5.38.